The Balaban J connectivity index is 2.10. The Labute approximate surface area is 118 Å². The zero-order valence-electron chi connectivity index (χ0n) is 10.9. The van der Waals surface area contributed by atoms with Gasteiger partial charge >= 0.3 is 5.97 Å². The van der Waals surface area contributed by atoms with Gasteiger partial charge in [0.05, 0.1) is 5.56 Å². The summed E-state index contributed by atoms with van der Waals surface area (Å²) in [4.78, 5) is 11.7. The standard InChI is InChI=1S/C13H12N4O2S/c1-7(2)10-14-15-13-17(10)16-11(20-13)8-4-3-5-9(6-8)12(18)19/h3-7H,1-2H3,(H,18,19). The van der Waals surface area contributed by atoms with E-state index in [-0.39, 0.29) is 11.5 Å². The molecule has 3 rings (SSSR count). The topological polar surface area (TPSA) is 80.4 Å². The number of carboxylic acid groups (broad SMARTS) is 1. The zero-order valence-corrected chi connectivity index (χ0v) is 11.8. The summed E-state index contributed by atoms with van der Waals surface area (Å²) in [6.45, 7) is 4.06. The van der Waals surface area contributed by atoms with E-state index in [4.69, 9.17) is 5.11 Å². The van der Waals surface area contributed by atoms with Crippen LogP contribution in [-0.2, 0) is 0 Å². The fourth-order valence-electron chi connectivity index (χ4n) is 1.89. The minimum atomic E-state index is -0.947. The van der Waals surface area contributed by atoms with Crippen LogP contribution in [0.15, 0.2) is 24.3 Å². The van der Waals surface area contributed by atoms with Crippen LogP contribution in [0.1, 0.15) is 35.9 Å². The maximum atomic E-state index is 11.0. The van der Waals surface area contributed by atoms with Gasteiger partial charge in [0.25, 0.3) is 0 Å². The number of aromatic carboxylic acids is 1. The lowest BCUT2D eigenvalue weighted by Gasteiger charge is -1.99. The molecule has 102 valence electrons. The summed E-state index contributed by atoms with van der Waals surface area (Å²) >= 11 is 1.39. The number of nitrogens with zero attached hydrogens (tertiary/aromatic N) is 4. The molecule has 0 saturated heterocycles. The van der Waals surface area contributed by atoms with Gasteiger partial charge in [0.15, 0.2) is 5.82 Å². The smallest absolute Gasteiger partial charge is 0.335 e. The SMILES string of the molecule is CC(C)c1nnc2sc(-c3cccc(C(=O)O)c3)nn12. The Morgan fingerprint density at radius 1 is 1.35 bits per heavy atom. The summed E-state index contributed by atoms with van der Waals surface area (Å²) in [5, 5.41) is 22.4. The quantitative estimate of drug-likeness (QED) is 0.801. The normalized spacial score (nSPS) is 11.3. The number of aromatic nitrogens is 4. The van der Waals surface area contributed by atoms with E-state index in [2.05, 4.69) is 15.3 Å². The van der Waals surface area contributed by atoms with E-state index in [9.17, 15) is 4.79 Å². The molecule has 0 fully saturated rings. The van der Waals surface area contributed by atoms with Crippen molar-refractivity contribution in [3.8, 4) is 10.6 Å². The fourth-order valence-corrected chi connectivity index (χ4v) is 2.74. The highest BCUT2D eigenvalue weighted by Crippen LogP contribution is 2.27. The van der Waals surface area contributed by atoms with E-state index in [0.717, 1.165) is 16.4 Å². The molecule has 0 spiro atoms. The van der Waals surface area contributed by atoms with Gasteiger partial charge in [-0.2, -0.15) is 9.61 Å². The molecular formula is C13H12N4O2S. The average Bonchev–Trinajstić information content (AvgIpc) is 2.97. The van der Waals surface area contributed by atoms with Crippen LogP contribution in [0.3, 0.4) is 0 Å². The van der Waals surface area contributed by atoms with Crippen LogP contribution in [0.2, 0.25) is 0 Å². The molecule has 1 N–H and O–H groups in total. The number of fused-ring (bicyclic) bond motifs is 1. The van der Waals surface area contributed by atoms with Crippen LogP contribution in [-0.4, -0.2) is 30.9 Å². The summed E-state index contributed by atoms with van der Waals surface area (Å²) in [5.41, 5.74) is 1.02. The second kappa shape index (κ2) is 4.68. The first kappa shape index (κ1) is 12.7. The van der Waals surface area contributed by atoms with Crippen molar-refractivity contribution in [2.45, 2.75) is 19.8 Å². The average molecular weight is 288 g/mol. The van der Waals surface area contributed by atoms with Crippen molar-refractivity contribution in [3.63, 3.8) is 0 Å². The van der Waals surface area contributed by atoms with Crippen LogP contribution in [0.5, 0.6) is 0 Å². The molecule has 1 aromatic carbocycles. The van der Waals surface area contributed by atoms with Crippen molar-refractivity contribution in [3.05, 3.63) is 35.7 Å². The number of carbonyl (C=O) groups is 1. The van der Waals surface area contributed by atoms with Crippen molar-refractivity contribution in [1.29, 1.82) is 0 Å². The van der Waals surface area contributed by atoms with Gasteiger partial charge in [-0.1, -0.05) is 37.3 Å². The van der Waals surface area contributed by atoms with Crippen molar-refractivity contribution in [1.82, 2.24) is 19.8 Å². The number of carboxylic acids is 1. The molecule has 2 heterocycles. The van der Waals surface area contributed by atoms with E-state index < -0.39 is 5.97 Å². The van der Waals surface area contributed by atoms with E-state index in [1.807, 2.05) is 19.9 Å². The lowest BCUT2D eigenvalue weighted by molar-refractivity contribution is 0.0697. The van der Waals surface area contributed by atoms with Crippen LogP contribution < -0.4 is 0 Å². The number of rotatable bonds is 3. The first-order valence-electron chi connectivity index (χ1n) is 6.12. The van der Waals surface area contributed by atoms with Crippen LogP contribution >= 0.6 is 11.3 Å². The molecule has 0 amide bonds. The van der Waals surface area contributed by atoms with Crippen molar-refractivity contribution in [2.75, 3.05) is 0 Å². The molecule has 7 heteroatoms. The maximum Gasteiger partial charge on any atom is 0.335 e. The van der Waals surface area contributed by atoms with Gasteiger partial charge in [-0.25, -0.2) is 4.79 Å². The second-order valence-electron chi connectivity index (χ2n) is 4.70. The van der Waals surface area contributed by atoms with E-state index in [1.54, 1.807) is 22.7 Å². The van der Waals surface area contributed by atoms with E-state index in [1.165, 1.54) is 11.3 Å². The predicted octanol–water partition coefficient (Wildman–Crippen LogP) is 2.67. The Morgan fingerprint density at radius 2 is 2.15 bits per heavy atom. The monoisotopic (exact) mass is 288 g/mol. The lowest BCUT2D eigenvalue weighted by atomic mass is 10.1. The van der Waals surface area contributed by atoms with Gasteiger partial charge < -0.3 is 5.11 Å². The highest BCUT2D eigenvalue weighted by molar-refractivity contribution is 7.19. The Hall–Kier alpha value is -2.28. The third-order valence-corrected chi connectivity index (χ3v) is 3.84. The molecule has 3 aromatic rings. The highest BCUT2D eigenvalue weighted by atomic mass is 32.1. The number of benzene rings is 1. The van der Waals surface area contributed by atoms with E-state index in [0.29, 0.717) is 4.96 Å². The molecule has 0 radical (unpaired) electrons. The Morgan fingerprint density at radius 3 is 2.85 bits per heavy atom. The van der Waals surface area contributed by atoms with Crippen LogP contribution in [0, 0.1) is 0 Å². The van der Waals surface area contributed by atoms with Crippen LogP contribution in [0.4, 0.5) is 0 Å². The third kappa shape index (κ3) is 2.05. The molecule has 20 heavy (non-hydrogen) atoms. The minimum absolute atomic E-state index is 0.227. The summed E-state index contributed by atoms with van der Waals surface area (Å²) in [5.74, 6) is 0.0833. The number of hydrogen-bond donors (Lipinski definition) is 1. The molecule has 0 unspecified atom stereocenters. The Kier molecular flexibility index (Phi) is 2.98. The first-order chi connectivity index (χ1) is 9.56. The van der Waals surface area contributed by atoms with Crippen LogP contribution in [0.25, 0.3) is 15.5 Å². The van der Waals surface area contributed by atoms with Gasteiger partial charge in [-0.3, -0.25) is 0 Å². The second-order valence-corrected chi connectivity index (χ2v) is 5.66. The summed E-state index contributed by atoms with van der Waals surface area (Å²) < 4.78 is 1.72. The molecule has 0 bridgehead atoms. The summed E-state index contributed by atoms with van der Waals surface area (Å²) in [7, 11) is 0. The minimum Gasteiger partial charge on any atom is -0.478 e. The van der Waals surface area contributed by atoms with Gasteiger partial charge in [0.1, 0.15) is 5.01 Å². The van der Waals surface area contributed by atoms with Crippen molar-refractivity contribution in [2.24, 2.45) is 0 Å². The first-order valence-corrected chi connectivity index (χ1v) is 6.94. The highest BCUT2D eigenvalue weighted by Gasteiger charge is 2.15. The third-order valence-electron chi connectivity index (χ3n) is 2.89. The Bertz CT molecular complexity index is 791. The molecule has 0 aliphatic rings. The summed E-state index contributed by atoms with van der Waals surface area (Å²) in [6.07, 6.45) is 0. The molecule has 6 nitrogen and oxygen atoms in total. The molecule has 0 aliphatic carbocycles. The van der Waals surface area contributed by atoms with Gasteiger partial charge in [-0.15, -0.1) is 10.2 Å². The molecular weight excluding hydrogens is 276 g/mol. The predicted molar refractivity (Wildman–Crippen MR) is 75.1 cm³/mol. The van der Waals surface area contributed by atoms with Gasteiger partial charge in [0, 0.05) is 11.5 Å². The van der Waals surface area contributed by atoms with Gasteiger partial charge in [0.2, 0.25) is 4.96 Å². The maximum absolute atomic E-state index is 11.0. The largest absolute Gasteiger partial charge is 0.478 e. The zero-order chi connectivity index (χ0) is 14.3. The fraction of sp³-hybridized carbons (Fsp3) is 0.231. The molecule has 0 aliphatic heterocycles. The van der Waals surface area contributed by atoms with Gasteiger partial charge in [-0.05, 0) is 12.1 Å². The number of hydrogen-bond acceptors (Lipinski definition) is 5. The van der Waals surface area contributed by atoms with Crippen molar-refractivity contribution < 1.29 is 9.90 Å². The molecule has 0 saturated carbocycles. The van der Waals surface area contributed by atoms with E-state index >= 15 is 0 Å². The molecule has 2 aromatic heterocycles. The summed E-state index contributed by atoms with van der Waals surface area (Å²) in [6, 6.07) is 6.73. The lowest BCUT2D eigenvalue weighted by Crippen LogP contribution is -1.98. The molecule has 0 atom stereocenters. The van der Waals surface area contributed by atoms with Crippen molar-refractivity contribution >= 4 is 22.3 Å².